The van der Waals surface area contributed by atoms with Crippen molar-refractivity contribution in [3.8, 4) is 5.75 Å². The van der Waals surface area contributed by atoms with Crippen LogP contribution in [0.2, 0.25) is 0 Å². The van der Waals surface area contributed by atoms with E-state index in [1.165, 1.54) is 13.0 Å². The highest BCUT2D eigenvalue weighted by molar-refractivity contribution is 5.22. The first-order valence-corrected chi connectivity index (χ1v) is 7.32. The van der Waals surface area contributed by atoms with Gasteiger partial charge in [-0.3, -0.25) is 4.98 Å². The Labute approximate surface area is 122 Å². The van der Waals surface area contributed by atoms with Gasteiger partial charge in [0.15, 0.2) is 0 Å². The number of ether oxygens (including phenoxy) is 1. The summed E-state index contributed by atoms with van der Waals surface area (Å²) in [7, 11) is 6.10. The van der Waals surface area contributed by atoms with Crippen LogP contribution in [0.25, 0.3) is 0 Å². The summed E-state index contributed by atoms with van der Waals surface area (Å²) in [5.74, 6) is 1.59. The Morgan fingerprint density at radius 2 is 2.25 bits per heavy atom. The van der Waals surface area contributed by atoms with E-state index < -0.39 is 0 Å². The highest BCUT2D eigenvalue weighted by Gasteiger charge is 2.39. The molecule has 0 bridgehead atoms. The molecule has 0 N–H and O–H groups in total. The lowest BCUT2D eigenvalue weighted by molar-refractivity contribution is 0.140. The van der Waals surface area contributed by atoms with Crippen molar-refractivity contribution in [2.45, 2.75) is 32.4 Å². The van der Waals surface area contributed by atoms with Crippen LogP contribution in [-0.4, -0.2) is 54.6 Å². The zero-order valence-corrected chi connectivity index (χ0v) is 13.4. The molecule has 112 valence electrons. The van der Waals surface area contributed by atoms with E-state index in [1.54, 1.807) is 7.11 Å². The van der Waals surface area contributed by atoms with Gasteiger partial charge in [-0.2, -0.15) is 0 Å². The Hall–Kier alpha value is -1.13. The predicted octanol–water partition coefficient (Wildman–Crippen LogP) is 2.25. The molecule has 1 aromatic rings. The molecule has 0 aliphatic carbocycles. The van der Waals surface area contributed by atoms with Gasteiger partial charge in [0.25, 0.3) is 0 Å². The highest BCUT2D eigenvalue weighted by atomic mass is 16.5. The number of hydrogen-bond donors (Lipinski definition) is 0. The molecule has 1 aromatic heterocycles. The number of aromatic nitrogens is 1. The zero-order chi connectivity index (χ0) is 14.8. The summed E-state index contributed by atoms with van der Waals surface area (Å²) < 4.78 is 5.25. The molecule has 1 saturated heterocycles. The molecule has 20 heavy (non-hydrogen) atoms. The van der Waals surface area contributed by atoms with E-state index in [0.717, 1.165) is 24.5 Å². The van der Waals surface area contributed by atoms with Crippen molar-refractivity contribution in [2.75, 3.05) is 34.3 Å². The second kappa shape index (κ2) is 6.10. The van der Waals surface area contributed by atoms with Crippen molar-refractivity contribution in [1.82, 2.24) is 14.8 Å². The van der Waals surface area contributed by atoms with Gasteiger partial charge < -0.3 is 14.5 Å². The van der Waals surface area contributed by atoms with Gasteiger partial charge in [0.1, 0.15) is 5.75 Å². The number of hydrogen-bond acceptors (Lipinski definition) is 4. The molecule has 2 rings (SSSR count). The van der Waals surface area contributed by atoms with Crippen LogP contribution >= 0.6 is 0 Å². The quantitative estimate of drug-likeness (QED) is 0.825. The molecule has 1 fully saturated rings. The van der Waals surface area contributed by atoms with Crippen LogP contribution in [0.5, 0.6) is 5.75 Å². The fraction of sp³-hybridized carbons (Fsp3) is 0.688. The van der Waals surface area contributed by atoms with Crippen LogP contribution in [0.4, 0.5) is 0 Å². The van der Waals surface area contributed by atoms with Gasteiger partial charge in [0, 0.05) is 30.9 Å². The Bertz CT molecular complexity index is 447. The first-order valence-electron chi connectivity index (χ1n) is 7.32. The molecule has 1 aliphatic heterocycles. The van der Waals surface area contributed by atoms with E-state index in [0.29, 0.717) is 5.92 Å². The van der Waals surface area contributed by atoms with E-state index in [4.69, 9.17) is 4.74 Å². The third-order valence-electron chi connectivity index (χ3n) is 4.78. The van der Waals surface area contributed by atoms with Crippen molar-refractivity contribution in [3.63, 3.8) is 0 Å². The Morgan fingerprint density at radius 3 is 2.85 bits per heavy atom. The minimum absolute atomic E-state index is 0.288. The number of likely N-dealkylation sites (tertiary alicyclic amines) is 1. The molecule has 2 heterocycles. The predicted molar refractivity (Wildman–Crippen MR) is 81.9 cm³/mol. The van der Waals surface area contributed by atoms with E-state index in [-0.39, 0.29) is 5.54 Å². The maximum atomic E-state index is 5.25. The minimum Gasteiger partial charge on any atom is -0.497 e. The fourth-order valence-corrected chi connectivity index (χ4v) is 3.00. The molecule has 0 aromatic carbocycles. The summed E-state index contributed by atoms with van der Waals surface area (Å²) in [5, 5.41) is 0. The maximum absolute atomic E-state index is 5.25. The lowest BCUT2D eigenvalue weighted by atomic mass is 9.88. The third-order valence-corrected chi connectivity index (χ3v) is 4.78. The summed E-state index contributed by atoms with van der Waals surface area (Å²) in [4.78, 5) is 9.26. The van der Waals surface area contributed by atoms with Crippen molar-refractivity contribution < 1.29 is 4.74 Å². The van der Waals surface area contributed by atoms with Gasteiger partial charge in [-0.05, 0) is 52.9 Å². The summed E-state index contributed by atoms with van der Waals surface area (Å²) in [6, 6.07) is 3.90. The van der Waals surface area contributed by atoms with Gasteiger partial charge in [0.2, 0.25) is 0 Å². The van der Waals surface area contributed by atoms with Gasteiger partial charge in [-0.1, -0.05) is 0 Å². The standard InChI is InChI=1S/C16H27N3O/c1-16(2)13(7-9-19(16)4)11-18(3)12-14-10-15(20-5)6-8-17-14/h6,8,10,13H,7,9,11-12H2,1-5H3. The molecule has 0 spiro atoms. The first kappa shape index (κ1) is 15.3. The average Bonchev–Trinajstić information content (AvgIpc) is 2.66. The van der Waals surface area contributed by atoms with Crippen molar-refractivity contribution >= 4 is 0 Å². The first-order chi connectivity index (χ1) is 9.43. The Morgan fingerprint density at radius 1 is 1.50 bits per heavy atom. The number of nitrogens with zero attached hydrogens (tertiary/aromatic N) is 3. The van der Waals surface area contributed by atoms with Crippen molar-refractivity contribution in [3.05, 3.63) is 24.0 Å². The molecule has 1 aliphatic rings. The second-order valence-electron chi connectivity index (χ2n) is 6.44. The molecule has 0 saturated carbocycles. The molecule has 4 nitrogen and oxygen atoms in total. The lowest BCUT2D eigenvalue weighted by Gasteiger charge is -2.35. The largest absolute Gasteiger partial charge is 0.497 e. The molecular formula is C16H27N3O. The lowest BCUT2D eigenvalue weighted by Crippen LogP contribution is -2.43. The van der Waals surface area contributed by atoms with Gasteiger partial charge in [0.05, 0.1) is 12.8 Å². The van der Waals surface area contributed by atoms with Crippen molar-refractivity contribution in [1.29, 1.82) is 0 Å². The van der Waals surface area contributed by atoms with Gasteiger partial charge >= 0.3 is 0 Å². The number of pyridine rings is 1. The van der Waals surface area contributed by atoms with E-state index >= 15 is 0 Å². The zero-order valence-electron chi connectivity index (χ0n) is 13.4. The van der Waals surface area contributed by atoms with Crippen LogP contribution in [0.1, 0.15) is 26.0 Å². The molecule has 0 radical (unpaired) electrons. The van der Waals surface area contributed by atoms with E-state index in [9.17, 15) is 0 Å². The monoisotopic (exact) mass is 277 g/mol. The van der Waals surface area contributed by atoms with Crippen LogP contribution in [0.15, 0.2) is 18.3 Å². The fourth-order valence-electron chi connectivity index (χ4n) is 3.00. The van der Waals surface area contributed by atoms with Gasteiger partial charge in [-0.15, -0.1) is 0 Å². The summed E-state index contributed by atoms with van der Waals surface area (Å²) in [6.45, 7) is 7.87. The Kier molecular flexibility index (Phi) is 4.66. The summed E-state index contributed by atoms with van der Waals surface area (Å²) in [6.07, 6.45) is 3.09. The summed E-state index contributed by atoms with van der Waals surface area (Å²) >= 11 is 0. The van der Waals surface area contributed by atoms with E-state index in [1.807, 2.05) is 18.3 Å². The topological polar surface area (TPSA) is 28.6 Å². The van der Waals surface area contributed by atoms with Crippen LogP contribution in [0.3, 0.4) is 0 Å². The molecule has 4 heteroatoms. The smallest absolute Gasteiger partial charge is 0.122 e. The molecule has 0 amide bonds. The molecule has 1 unspecified atom stereocenters. The molecule has 1 atom stereocenters. The minimum atomic E-state index is 0.288. The summed E-state index contributed by atoms with van der Waals surface area (Å²) in [5.41, 5.74) is 1.35. The van der Waals surface area contributed by atoms with Crippen LogP contribution in [-0.2, 0) is 6.54 Å². The SMILES string of the molecule is COc1ccnc(CN(C)CC2CCN(C)C2(C)C)c1. The van der Waals surface area contributed by atoms with Gasteiger partial charge in [-0.25, -0.2) is 0 Å². The maximum Gasteiger partial charge on any atom is 0.122 e. The van der Waals surface area contributed by atoms with E-state index in [2.05, 4.69) is 42.7 Å². The van der Waals surface area contributed by atoms with Crippen LogP contribution in [0, 0.1) is 5.92 Å². The third kappa shape index (κ3) is 3.30. The Balaban J connectivity index is 1.94. The molecular weight excluding hydrogens is 250 g/mol. The number of rotatable bonds is 5. The normalized spacial score (nSPS) is 22.4. The highest BCUT2D eigenvalue weighted by Crippen LogP contribution is 2.33. The van der Waals surface area contributed by atoms with Crippen molar-refractivity contribution in [2.24, 2.45) is 5.92 Å². The van der Waals surface area contributed by atoms with Crippen LogP contribution < -0.4 is 4.74 Å². The average molecular weight is 277 g/mol. The second-order valence-corrected chi connectivity index (χ2v) is 6.44. The number of methoxy groups -OCH3 is 1.